The second kappa shape index (κ2) is 7.06. The van der Waals surface area contributed by atoms with Crippen LogP contribution >= 0.6 is 0 Å². The molecule has 0 amide bonds. The predicted octanol–water partition coefficient (Wildman–Crippen LogP) is 3.18. The maximum absolute atomic E-state index is 10.8. The smallest absolute Gasteiger partial charge is 0.317 e. The molecule has 0 heterocycles. The van der Waals surface area contributed by atoms with Crippen LogP contribution in [-0.4, -0.2) is 35.6 Å². The molecule has 0 aromatic heterocycles. The van der Waals surface area contributed by atoms with Gasteiger partial charge in [-0.05, 0) is 35.7 Å². The molecule has 0 radical (unpaired) electrons. The number of rotatable bonds is 7. The highest BCUT2D eigenvalue weighted by atomic mass is 16.4. The molecular weight excluding hydrogens is 250 g/mol. The summed E-state index contributed by atoms with van der Waals surface area (Å²) in [5.74, 6) is -0.753. The van der Waals surface area contributed by atoms with Gasteiger partial charge in [-0.3, -0.25) is 9.69 Å². The molecule has 2 aromatic rings. The van der Waals surface area contributed by atoms with Gasteiger partial charge in [-0.15, -0.1) is 0 Å². The van der Waals surface area contributed by atoms with Gasteiger partial charge in [0.1, 0.15) is 0 Å². The van der Waals surface area contributed by atoms with Gasteiger partial charge in [0.2, 0.25) is 0 Å². The summed E-state index contributed by atoms with van der Waals surface area (Å²) in [4.78, 5) is 12.8. The van der Waals surface area contributed by atoms with Crippen LogP contribution in [0.15, 0.2) is 42.5 Å². The van der Waals surface area contributed by atoms with Gasteiger partial charge in [0.25, 0.3) is 0 Å². The van der Waals surface area contributed by atoms with Crippen molar-refractivity contribution in [1.82, 2.24) is 4.90 Å². The SMILES string of the molecule is CCCN(CCc1ccc2ccccc2c1)CC(=O)O. The van der Waals surface area contributed by atoms with E-state index in [1.165, 1.54) is 16.3 Å². The quantitative estimate of drug-likeness (QED) is 0.841. The Hall–Kier alpha value is -1.87. The van der Waals surface area contributed by atoms with Crippen molar-refractivity contribution in [2.24, 2.45) is 0 Å². The maximum atomic E-state index is 10.8. The molecule has 2 aromatic carbocycles. The van der Waals surface area contributed by atoms with E-state index in [1.54, 1.807) is 0 Å². The number of carbonyl (C=O) groups is 1. The lowest BCUT2D eigenvalue weighted by molar-refractivity contribution is -0.138. The first-order valence-electron chi connectivity index (χ1n) is 7.11. The number of carboxylic acid groups (broad SMARTS) is 1. The molecule has 20 heavy (non-hydrogen) atoms. The van der Waals surface area contributed by atoms with Crippen molar-refractivity contribution in [2.75, 3.05) is 19.6 Å². The molecule has 0 atom stereocenters. The van der Waals surface area contributed by atoms with E-state index in [4.69, 9.17) is 5.11 Å². The number of benzene rings is 2. The minimum Gasteiger partial charge on any atom is -0.480 e. The Morgan fingerprint density at radius 2 is 1.85 bits per heavy atom. The largest absolute Gasteiger partial charge is 0.480 e. The van der Waals surface area contributed by atoms with E-state index >= 15 is 0 Å². The number of carboxylic acids is 1. The van der Waals surface area contributed by atoms with Crippen LogP contribution in [0.5, 0.6) is 0 Å². The van der Waals surface area contributed by atoms with Crippen molar-refractivity contribution >= 4 is 16.7 Å². The van der Waals surface area contributed by atoms with E-state index in [0.29, 0.717) is 0 Å². The van der Waals surface area contributed by atoms with Crippen molar-refractivity contribution in [3.8, 4) is 0 Å². The highest BCUT2D eigenvalue weighted by Gasteiger charge is 2.08. The molecule has 3 heteroatoms. The topological polar surface area (TPSA) is 40.5 Å². The van der Waals surface area contributed by atoms with Crippen LogP contribution in [0.3, 0.4) is 0 Å². The summed E-state index contributed by atoms with van der Waals surface area (Å²) < 4.78 is 0. The van der Waals surface area contributed by atoms with Crippen LogP contribution in [-0.2, 0) is 11.2 Å². The third kappa shape index (κ3) is 4.07. The van der Waals surface area contributed by atoms with Gasteiger partial charge in [-0.1, -0.05) is 49.4 Å². The molecule has 0 aliphatic carbocycles. The van der Waals surface area contributed by atoms with Crippen molar-refractivity contribution in [2.45, 2.75) is 19.8 Å². The van der Waals surface area contributed by atoms with Crippen molar-refractivity contribution in [1.29, 1.82) is 0 Å². The predicted molar refractivity (Wildman–Crippen MR) is 82.0 cm³/mol. The summed E-state index contributed by atoms with van der Waals surface area (Å²) in [5, 5.41) is 11.4. The molecule has 0 bridgehead atoms. The van der Waals surface area contributed by atoms with Gasteiger partial charge in [0.15, 0.2) is 0 Å². The Kier molecular flexibility index (Phi) is 5.13. The number of nitrogens with zero attached hydrogens (tertiary/aromatic N) is 1. The highest BCUT2D eigenvalue weighted by Crippen LogP contribution is 2.16. The van der Waals surface area contributed by atoms with E-state index < -0.39 is 5.97 Å². The van der Waals surface area contributed by atoms with Gasteiger partial charge in [-0.2, -0.15) is 0 Å². The zero-order valence-electron chi connectivity index (χ0n) is 11.9. The molecule has 0 spiro atoms. The normalized spacial score (nSPS) is 11.1. The van der Waals surface area contributed by atoms with E-state index in [2.05, 4.69) is 37.3 Å². The first-order valence-corrected chi connectivity index (χ1v) is 7.11. The van der Waals surface area contributed by atoms with E-state index in [9.17, 15) is 4.79 Å². The minimum absolute atomic E-state index is 0.126. The fourth-order valence-electron chi connectivity index (χ4n) is 2.46. The number of hydrogen-bond donors (Lipinski definition) is 1. The molecule has 0 saturated heterocycles. The van der Waals surface area contributed by atoms with E-state index in [1.807, 2.05) is 17.0 Å². The number of hydrogen-bond acceptors (Lipinski definition) is 2. The fourth-order valence-corrected chi connectivity index (χ4v) is 2.46. The fraction of sp³-hybridized carbons (Fsp3) is 0.353. The van der Waals surface area contributed by atoms with Crippen molar-refractivity contribution < 1.29 is 9.90 Å². The molecule has 0 unspecified atom stereocenters. The molecule has 0 aliphatic heterocycles. The molecule has 1 N–H and O–H groups in total. The highest BCUT2D eigenvalue weighted by molar-refractivity contribution is 5.82. The molecule has 106 valence electrons. The van der Waals surface area contributed by atoms with Crippen LogP contribution in [0.2, 0.25) is 0 Å². The third-order valence-corrected chi connectivity index (χ3v) is 3.43. The minimum atomic E-state index is -0.753. The summed E-state index contributed by atoms with van der Waals surface area (Å²) in [6, 6.07) is 14.8. The molecule has 0 fully saturated rings. The number of fused-ring (bicyclic) bond motifs is 1. The summed E-state index contributed by atoms with van der Waals surface area (Å²) >= 11 is 0. The monoisotopic (exact) mass is 271 g/mol. The van der Waals surface area contributed by atoms with Crippen LogP contribution in [0.1, 0.15) is 18.9 Å². The summed E-state index contributed by atoms with van der Waals surface area (Å²) in [6.07, 6.45) is 1.86. The standard InChI is InChI=1S/C17H21NO2/c1-2-10-18(13-17(19)20)11-9-14-7-8-15-5-3-4-6-16(15)12-14/h3-8,12H,2,9-11,13H2,1H3,(H,19,20). The average molecular weight is 271 g/mol. The average Bonchev–Trinajstić information content (AvgIpc) is 2.44. The zero-order valence-corrected chi connectivity index (χ0v) is 11.9. The lowest BCUT2D eigenvalue weighted by atomic mass is 10.0. The number of aliphatic carboxylic acids is 1. The van der Waals surface area contributed by atoms with Gasteiger partial charge < -0.3 is 5.11 Å². The molecule has 0 saturated carbocycles. The van der Waals surface area contributed by atoms with Gasteiger partial charge in [-0.25, -0.2) is 0 Å². The second-order valence-corrected chi connectivity index (χ2v) is 5.10. The van der Waals surface area contributed by atoms with Crippen molar-refractivity contribution in [3.63, 3.8) is 0 Å². The Bertz CT molecular complexity index is 580. The first-order chi connectivity index (χ1) is 9.69. The van der Waals surface area contributed by atoms with E-state index in [0.717, 1.165) is 25.9 Å². The Morgan fingerprint density at radius 3 is 2.55 bits per heavy atom. The Labute approximate surface area is 119 Å². The van der Waals surface area contributed by atoms with Crippen molar-refractivity contribution in [3.05, 3.63) is 48.0 Å². The summed E-state index contributed by atoms with van der Waals surface area (Å²) in [7, 11) is 0. The summed E-state index contributed by atoms with van der Waals surface area (Å²) in [5.41, 5.74) is 1.26. The third-order valence-electron chi connectivity index (χ3n) is 3.43. The zero-order chi connectivity index (χ0) is 14.4. The van der Waals surface area contributed by atoms with Gasteiger partial charge >= 0.3 is 5.97 Å². The molecule has 3 nitrogen and oxygen atoms in total. The molecule has 0 aliphatic rings. The summed E-state index contributed by atoms with van der Waals surface area (Å²) in [6.45, 7) is 3.82. The van der Waals surface area contributed by atoms with Gasteiger partial charge in [0, 0.05) is 6.54 Å². The maximum Gasteiger partial charge on any atom is 0.317 e. The van der Waals surface area contributed by atoms with Crippen LogP contribution in [0, 0.1) is 0 Å². The molecular formula is C17H21NO2. The Balaban J connectivity index is 2.01. The molecule has 2 rings (SSSR count). The van der Waals surface area contributed by atoms with Crippen LogP contribution < -0.4 is 0 Å². The first kappa shape index (κ1) is 14.5. The van der Waals surface area contributed by atoms with E-state index in [-0.39, 0.29) is 6.54 Å². The van der Waals surface area contributed by atoms with Crippen LogP contribution in [0.4, 0.5) is 0 Å². The van der Waals surface area contributed by atoms with Crippen LogP contribution in [0.25, 0.3) is 10.8 Å². The lowest BCUT2D eigenvalue weighted by Gasteiger charge is -2.19. The second-order valence-electron chi connectivity index (χ2n) is 5.10. The van der Waals surface area contributed by atoms with Gasteiger partial charge in [0.05, 0.1) is 6.54 Å². The lowest BCUT2D eigenvalue weighted by Crippen LogP contribution is -2.32. The Morgan fingerprint density at radius 1 is 1.10 bits per heavy atom.